The monoisotopic (exact) mass is 420 g/mol. The van der Waals surface area contributed by atoms with Crippen molar-refractivity contribution < 1.29 is 23.8 Å². The van der Waals surface area contributed by atoms with Crippen molar-refractivity contribution in [2.45, 2.75) is 39.0 Å². The molecule has 1 atom stereocenters. The number of rotatable bonds is 3. The van der Waals surface area contributed by atoms with Gasteiger partial charge in [0.2, 0.25) is 5.60 Å². The highest BCUT2D eigenvalue weighted by atomic mass is 16.6. The third-order valence-corrected chi connectivity index (χ3v) is 6.00. The molecule has 0 radical (unpaired) electrons. The van der Waals surface area contributed by atoms with Crippen LogP contribution < -0.4 is 10.3 Å². The Balaban J connectivity index is 1.75. The van der Waals surface area contributed by atoms with Gasteiger partial charge in [0.1, 0.15) is 12.4 Å². The van der Waals surface area contributed by atoms with Crippen molar-refractivity contribution in [2.24, 2.45) is 0 Å². The predicted octanol–water partition coefficient (Wildman–Crippen LogP) is 2.66. The smallest absolute Gasteiger partial charge is 0.355 e. The second-order valence-electron chi connectivity index (χ2n) is 7.72. The Labute approximate surface area is 177 Å². The molecule has 2 aliphatic rings. The maximum atomic E-state index is 13.3. The largest absolute Gasteiger partial charge is 0.497 e. The molecule has 1 aromatic carbocycles. The van der Waals surface area contributed by atoms with Crippen molar-refractivity contribution in [2.75, 3.05) is 7.11 Å². The molecule has 5 rings (SSSR count). The Bertz CT molecular complexity index is 1340. The third kappa shape index (κ3) is 2.67. The van der Waals surface area contributed by atoms with Crippen molar-refractivity contribution >= 4 is 22.8 Å². The average Bonchev–Trinajstić information content (AvgIpc) is 3.11. The van der Waals surface area contributed by atoms with Crippen LogP contribution in [0.25, 0.3) is 22.3 Å². The molecule has 1 unspecified atom stereocenters. The van der Waals surface area contributed by atoms with Crippen LogP contribution in [0.4, 0.5) is 0 Å². The van der Waals surface area contributed by atoms with Gasteiger partial charge in [-0.1, -0.05) is 6.92 Å². The lowest BCUT2D eigenvalue weighted by Crippen LogP contribution is -2.47. The van der Waals surface area contributed by atoms with Gasteiger partial charge in [-0.25, -0.2) is 9.78 Å². The van der Waals surface area contributed by atoms with Gasteiger partial charge in [-0.05, 0) is 36.8 Å². The number of hydrogen-bond acceptors (Lipinski definition) is 7. The predicted molar refractivity (Wildman–Crippen MR) is 111 cm³/mol. The van der Waals surface area contributed by atoms with Crippen LogP contribution in [0.3, 0.4) is 0 Å². The summed E-state index contributed by atoms with van der Waals surface area (Å²) in [6.07, 6.45) is 0.152. The molecule has 0 amide bonds. The first-order valence-corrected chi connectivity index (χ1v) is 10.00. The number of fused-ring (bicyclic) bond motifs is 5. The lowest BCUT2D eigenvalue weighted by atomic mass is 9.85. The van der Waals surface area contributed by atoms with E-state index in [-0.39, 0.29) is 18.6 Å². The molecule has 0 bridgehead atoms. The Morgan fingerprint density at radius 2 is 2.06 bits per heavy atom. The van der Waals surface area contributed by atoms with Crippen LogP contribution in [0, 0.1) is 0 Å². The van der Waals surface area contributed by atoms with Gasteiger partial charge in [-0.15, -0.1) is 0 Å². The lowest BCUT2D eigenvalue weighted by Gasteiger charge is -2.35. The topological polar surface area (TPSA) is 96.7 Å². The molecule has 0 saturated heterocycles. The number of hydrogen-bond donors (Lipinski definition) is 0. The second-order valence-corrected chi connectivity index (χ2v) is 7.72. The number of methoxy groups -OCH3 is 1. The molecule has 4 heterocycles. The molecule has 2 aliphatic heterocycles. The number of ether oxygens (including phenoxy) is 3. The number of cyclic esters (lactones) is 1. The summed E-state index contributed by atoms with van der Waals surface area (Å²) in [4.78, 5) is 42.6. The van der Waals surface area contributed by atoms with E-state index in [1.54, 1.807) is 24.7 Å². The van der Waals surface area contributed by atoms with E-state index in [0.29, 0.717) is 29.1 Å². The first-order valence-electron chi connectivity index (χ1n) is 10.00. The number of pyridine rings is 2. The molecule has 158 valence electrons. The molecule has 0 spiro atoms. The van der Waals surface area contributed by atoms with Gasteiger partial charge in [0.25, 0.3) is 5.56 Å². The zero-order valence-electron chi connectivity index (χ0n) is 17.4. The summed E-state index contributed by atoms with van der Waals surface area (Å²) in [6, 6.07) is 9.33. The van der Waals surface area contributed by atoms with E-state index < -0.39 is 17.5 Å². The van der Waals surface area contributed by atoms with Gasteiger partial charge in [-0.3, -0.25) is 9.59 Å². The molecule has 3 aromatic rings. The van der Waals surface area contributed by atoms with Crippen LogP contribution in [-0.2, 0) is 37.8 Å². The standard InChI is InChI=1S/C23H20N2O6/c1-4-23(31-12(2)26)17-9-19-20-14(7-13-8-15(29-3)5-6-18(13)24-20)10-25(19)21(27)16(17)11-30-22(23)28/h5-9H,4,10-11H2,1-3H3. The third-order valence-electron chi connectivity index (χ3n) is 6.00. The summed E-state index contributed by atoms with van der Waals surface area (Å²) < 4.78 is 17.7. The van der Waals surface area contributed by atoms with Crippen LogP contribution in [0.2, 0.25) is 0 Å². The highest BCUT2D eigenvalue weighted by Gasteiger charge is 2.50. The number of nitrogens with zero attached hydrogens (tertiary/aromatic N) is 2. The van der Waals surface area contributed by atoms with Gasteiger partial charge >= 0.3 is 11.9 Å². The quantitative estimate of drug-likeness (QED) is 0.470. The highest BCUT2D eigenvalue weighted by molar-refractivity contribution is 5.88. The number of carbonyl (C=O) groups excluding carboxylic acids is 2. The van der Waals surface area contributed by atoms with E-state index in [0.717, 1.165) is 22.2 Å². The molecular weight excluding hydrogens is 400 g/mol. The van der Waals surface area contributed by atoms with Crippen LogP contribution >= 0.6 is 0 Å². The van der Waals surface area contributed by atoms with Gasteiger partial charge < -0.3 is 18.8 Å². The summed E-state index contributed by atoms with van der Waals surface area (Å²) in [7, 11) is 1.61. The highest BCUT2D eigenvalue weighted by Crippen LogP contribution is 2.41. The molecule has 0 saturated carbocycles. The van der Waals surface area contributed by atoms with Crippen molar-refractivity contribution in [3.63, 3.8) is 0 Å². The van der Waals surface area contributed by atoms with E-state index >= 15 is 0 Å². The molecule has 8 heteroatoms. The van der Waals surface area contributed by atoms with Crippen LogP contribution in [0.5, 0.6) is 5.75 Å². The summed E-state index contributed by atoms with van der Waals surface area (Å²) in [5.74, 6) is -0.563. The van der Waals surface area contributed by atoms with Crippen molar-refractivity contribution in [1.29, 1.82) is 0 Å². The number of esters is 2. The Hall–Kier alpha value is -3.68. The number of aromatic nitrogens is 2. The average molecular weight is 420 g/mol. The summed E-state index contributed by atoms with van der Waals surface area (Å²) in [5, 5.41) is 0.907. The summed E-state index contributed by atoms with van der Waals surface area (Å²) in [6.45, 7) is 3.16. The molecular formula is C23H20N2O6. The SMILES string of the molecule is CCC1(OC(C)=O)C(=O)OCc2c1cc1n(c2=O)Cc2cc3cc(OC)ccc3nc2-1. The number of benzene rings is 1. The minimum atomic E-state index is -1.64. The molecule has 2 aromatic heterocycles. The fraction of sp³-hybridized carbons (Fsp3) is 0.304. The summed E-state index contributed by atoms with van der Waals surface area (Å²) in [5.41, 5.74) is 1.71. The minimum Gasteiger partial charge on any atom is -0.497 e. The summed E-state index contributed by atoms with van der Waals surface area (Å²) >= 11 is 0. The Kier molecular flexibility index (Phi) is 4.15. The van der Waals surface area contributed by atoms with E-state index in [2.05, 4.69) is 0 Å². The van der Waals surface area contributed by atoms with Crippen molar-refractivity contribution in [1.82, 2.24) is 9.55 Å². The molecule has 8 nitrogen and oxygen atoms in total. The van der Waals surface area contributed by atoms with Gasteiger partial charge in [0, 0.05) is 23.4 Å². The van der Waals surface area contributed by atoms with Crippen LogP contribution in [0.15, 0.2) is 35.1 Å². The van der Waals surface area contributed by atoms with Gasteiger partial charge in [0.05, 0.1) is 36.1 Å². The zero-order valence-corrected chi connectivity index (χ0v) is 17.4. The molecule has 0 N–H and O–H groups in total. The van der Waals surface area contributed by atoms with E-state index in [9.17, 15) is 14.4 Å². The maximum absolute atomic E-state index is 13.3. The Morgan fingerprint density at radius 1 is 1.26 bits per heavy atom. The maximum Gasteiger partial charge on any atom is 0.355 e. The molecule has 0 aliphatic carbocycles. The first kappa shape index (κ1) is 19.3. The van der Waals surface area contributed by atoms with E-state index in [1.165, 1.54) is 6.92 Å². The van der Waals surface area contributed by atoms with Gasteiger partial charge in [0.15, 0.2) is 0 Å². The normalized spacial score (nSPS) is 18.7. The Morgan fingerprint density at radius 3 is 2.77 bits per heavy atom. The first-order chi connectivity index (χ1) is 14.9. The van der Waals surface area contributed by atoms with Crippen molar-refractivity contribution in [3.8, 4) is 17.1 Å². The van der Waals surface area contributed by atoms with E-state index in [4.69, 9.17) is 19.2 Å². The minimum absolute atomic E-state index is 0.152. The number of carbonyl (C=O) groups is 2. The lowest BCUT2D eigenvalue weighted by molar-refractivity contribution is -0.188. The fourth-order valence-electron chi connectivity index (χ4n) is 4.49. The van der Waals surface area contributed by atoms with Crippen LogP contribution in [0.1, 0.15) is 37.0 Å². The molecule has 31 heavy (non-hydrogen) atoms. The zero-order chi connectivity index (χ0) is 21.9. The van der Waals surface area contributed by atoms with Crippen LogP contribution in [-0.4, -0.2) is 28.6 Å². The second kappa shape index (κ2) is 6.66. The van der Waals surface area contributed by atoms with Crippen molar-refractivity contribution in [3.05, 3.63) is 57.4 Å². The van der Waals surface area contributed by atoms with E-state index in [1.807, 2.05) is 24.3 Å². The molecule has 0 fully saturated rings. The van der Waals surface area contributed by atoms with Gasteiger partial charge in [-0.2, -0.15) is 0 Å². The fourth-order valence-corrected chi connectivity index (χ4v) is 4.49.